The van der Waals surface area contributed by atoms with E-state index in [1.807, 2.05) is 42.5 Å². The van der Waals surface area contributed by atoms with Crippen molar-refractivity contribution in [2.75, 3.05) is 12.1 Å². The third-order valence-electron chi connectivity index (χ3n) is 3.90. The molecule has 0 radical (unpaired) electrons. The molecule has 0 aromatic heterocycles. The van der Waals surface area contributed by atoms with Crippen LogP contribution < -0.4 is 20.1 Å². The summed E-state index contributed by atoms with van der Waals surface area (Å²) in [6.45, 7) is 7.15. The minimum absolute atomic E-state index is 0.0974. The van der Waals surface area contributed by atoms with Crippen molar-refractivity contribution < 1.29 is 14.3 Å². The maximum absolute atomic E-state index is 12.0. The standard InChI is InChI=1S/C19H22N2O3/c1-19(2,3)14-5-7-15(8-6-14)21-18(22)20-11-13-4-9-16-17(10-13)24-12-23-16/h4-10H,11-12H2,1-3H3,(H2,20,21,22). The maximum Gasteiger partial charge on any atom is 0.319 e. The summed E-state index contributed by atoms with van der Waals surface area (Å²) < 4.78 is 10.6. The van der Waals surface area contributed by atoms with Crippen molar-refractivity contribution in [1.29, 1.82) is 0 Å². The molecule has 0 aliphatic carbocycles. The number of ether oxygens (including phenoxy) is 2. The number of amides is 2. The van der Waals surface area contributed by atoms with Crippen LogP contribution in [0.25, 0.3) is 0 Å². The smallest absolute Gasteiger partial charge is 0.319 e. The van der Waals surface area contributed by atoms with Crippen LogP contribution in [0.15, 0.2) is 42.5 Å². The molecule has 2 aromatic rings. The van der Waals surface area contributed by atoms with E-state index in [1.165, 1.54) is 5.56 Å². The highest BCUT2D eigenvalue weighted by Gasteiger charge is 2.14. The molecule has 0 saturated carbocycles. The Kier molecular flexibility index (Phi) is 4.34. The van der Waals surface area contributed by atoms with Crippen LogP contribution in [-0.2, 0) is 12.0 Å². The zero-order valence-corrected chi connectivity index (χ0v) is 14.2. The van der Waals surface area contributed by atoms with E-state index in [9.17, 15) is 4.79 Å². The van der Waals surface area contributed by atoms with Gasteiger partial charge in [-0.2, -0.15) is 0 Å². The van der Waals surface area contributed by atoms with Gasteiger partial charge < -0.3 is 20.1 Å². The lowest BCUT2D eigenvalue weighted by atomic mass is 9.87. The number of nitrogens with one attached hydrogen (secondary N) is 2. The van der Waals surface area contributed by atoms with Gasteiger partial charge in [-0.15, -0.1) is 0 Å². The normalized spacial score (nSPS) is 12.8. The predicted molar refractivity (Wildman–Crippen MR) is 93.6 cm³/mol. The van der Waals surface area contributed by atoms with Crippen LogP contribution in [0.5, 0.6) is 11.5 Å². The number of hydrogen-bond acceptors (Lipinski definition) is 3. The van der Waals surface area contributed by atoms with Gasteiger partial charge in [-0.05, 0) is 40.8 Å². The van der Waals surface area contributed by atoms with Gasteiger partial charge in [0.25, 0.3) is 0 Å². The summed E-state index contributed by atoms with van der Waals surface area (Å²) in [7, 11) is 0. The summed E-state index contributed by atoms with van der Waals surface area (Å²) in [5.74, 6) is 1.45. The molecule has 0 spiro atoms. The van der Waals surface area contributed by atoms with E-state index in [2.05, 4.69) is 31.4 Å². The molecule has 0 fully saturated rings. The fourth-order valence-electron chi connectivity index (χ4n) is 2.46. The van der Waals surface area contributed by atoms with Gasteiger partial charge in [-0.3, -0.25) is 0 Å². The third kappa shape index (κ3) is 3.79. The largest absolute Gasteiger partial charge is 0.454 e. The zero-order chi connectivity index (χ0) is 17.2. The zero-order valence-electron chi connectivity index (χ0n) is 14.2. The number of carbonyl (C=O) groups excluding carboxylic acids is 1. The molecule has 0 bridgehead atoms. The molecule has 0 atom stereocenters. The molecule has 2 aromatic carbocycles. The van der Waals surface area contributed by atoms with Crippen LogP contribution in [0.3, 0.4) is 0 Å². The van der Waals surface area contributed by atoms with Crippen LogP contribution in [0.1, 0.15) is 31.9 Å². The lowest BCUT2D eigenvalue weighted by Gasteiger charge is -2.19. The monoisotopic (exact) mass is 326 g/mol. The molecule has 0 unspecified atom stereocenters. The molecule has 24 heavy (non-hydrogen) atoms. The second-order valence-electron chi connectivity index (χ2n) is 6.82. The first-order valence-corrected chi connectivity index (χ1v) is 7.96. The van der Waals surface area contributed by atoms with Crippen molar-refractivity contribution in [1.82, 2.24) is 5.32 Å². The van der Waals surface area contributed by atoms with E-state index in [4.69, 9.17) is 9.47 Å². The van der Waals surface area contributed by atoms with Gasteiger partial charge in [0.1, 0.15) is 0 Å². The fourth-order valence-corrected chi connectivity index (χ4v) is 2.46. The lowest BCUT2D eigenvalue weighted by Crippen LogP contribution is -2.28. The number of carbonyl (C=O) groups is 1. The Morgan fingerprint density at radius 2 is 1.75 bits per heavy atom. The van der Waals surface area contributed by atoms with E-state index in [-0.39, 0.29) is 18.2 Å². The lowest BCUT2D eigenvalue weighted by molar-refractivity contribution is 0.174. The van der Waals surface area contributed by atoms with Gasteiger partial charge in [-0.1, -0.05) is 39.0 Å². The Labute approximate surface area is 142 Å². The summed E-state index contributed by atoms with van der Waals surface area (Å²) in [5.41, 5.74) is 3.05. The van der Waals surface area contributed by atoms with Gasteiger partial charge in [0.2, 0.25) is 6.79 Å². The average molecular weight is 326 g/mol. The Balaban J connectivity index is 1.54. The molecule has 5 heteroatoms. The van der Waals surface area contributed by atoms with Gasteiger partial charge >= 0.3 is 6.03 Å². The topological polar surface area (TPSA) is 59.6 Å². The first-order valence-electron chi connectivity index (χ1n) is 7.96. The fraction of sp³-hybridized carbons (Fsp3) is 0.316. The highest BCUT2D eigenvalue weighted by molar-refractivity contribution is 5.89. The van der Waals surface area contributed by atoms with E-state index in [1.54, 1.807) is 0 Å². The molecular weight excluding hydrogens is 304 g/mol. The van der Waals surface area contributed by atoms with E-state index in [0.29, 0.717) is 12.3 Å². The molecule has 0 saturated heterocycles. The minimum Gasteiger partial charge on any atom is -0.454 e. The number of fused-ring (bicyclic) bond motifs is 1. The highest BCUT2D eigenvalue weighted by atomic mass is 16.7. The van der Waals surface area contributed by atoms with E-state index >= 15 is 0 Å². The summed E-state index contributed by atoms with van der Waals surface area (Å²) in [4.78, 5) is 12.0. The molecular formula is C19H22N2O3. The SMILES string of the molecule is CC(C)(C)c1ccc(NC(=O)NCc2ccc3c(c2)OCO3)cc1. The Bertz CT molecular complexity index is 733. The van der Waals surface area contributed by atoms with Crippen molar-refractivity contribution in [3.8, 4) is 11.5 Å². The van der Waals surface area contributed by atoms with Crippen LogP contribution in [-0.4, -0.2) is 12.8 Å². The van der Waals surface area contributed by atoms with Crippen molar-refractivity contribution >= 4 is 11.7 Å². The third-order valence-corrected chi connectivity index (χ3v) is 3.90. The van der Waals surface area contributed by atoms with Crippen LogP contribution >= 0.6 is 0 Å². The van der Waals surface area contributed by atoms with Gasteiger partial charge in [0.15, 0.2) is 11.5 Å². The van der Waals surface area contributed by atoms with Gasteiger partial charge in [0.05, 0.1) is 0 Å². The summed E-state index contributed by atoms with van der Waals surface area (Å²) in [6, 6.07) is 13.3. The van der Waals surface area contributed by atoms with Crippen molar-refractivity contribution in [3.05, 3.63) is 53.6 Å². The Morgan fingerprint density at radius 3 is 2.46 bits per heavy atom. The molecule has 1 heterocycles. The summed E-state index contributed by atoms with van der Waals surface area (Å²) >= 11 is 0. The molecule has 1 aliphatic rings. The second kappa shape index (κ2) is 6.43. The summed E-state index contributed by atoms with van der Waals surface area (Å²) in [5, 5.41) is 5.67. The molecule has 5 nitrogen and oxygen atoms in total. The van der Waals surface area contributed by atoms with E-state index < -0.39 is 0 Å². The number of rotatable bonds is 3. The second-order valence-corrected chi connectivity index (χ2v) is 6.82. The van der Waals surface area contributed by atoms with E-state index in [0.717, 1.165) is 17.0 Å². The van der Waals surface area contributed by atoms with Crippen LogP contribution in [0.4, 0.5) is 10.5 Å². The predicted octanol–water partition coefficient (Wildman–Crippen LogP) is 4.03. The Morgan fingerprint density at radius 1 is 1.04 bits per heavy atom. The maximum atomic E-state index is 12.0. The number of urea groups is 1. The number of benzene rings is 2. The molecule has 2 N–H and O–H groups in total. The quantitative estimate of drug-likeness (QED) is 0.895. The number of hydrogen-bond donors (Lipinski definition) is 2. The highest BCUT2D eigenvalue weighted by Crippen LogP contribution is 2.32. The van der Waals surface area contributed by atoms with Gasteiger partial charge in [-0.25, -0.2) is 4.79 Å². The van der Waals surface area contributed by atoms with Crippen molar-refractivity contribution in [3.63, 3.8) is 0 Å². The minimum atomic E-state index is -0.240. The van der Waals surface area contributed by atoms with Crippen LogP contribution in [0.2, 0.25) is 0 Å². The first kappa shape index (κ1) is 16.2. The molecule has 1 aliphatic heterocycles. The average Bonchev–Trinajstić information content (AvgIpc) is 3.00. The van der Waals surface area contributed by atoms with Crippen LogP contribution in [0, 0.1) is 0 Å². The molecule has 3 rings (SSSR count). The number of anilines is 1. The first-order chi connectivity index (χ1) is 11.4. The summed E-state index contributed by atoms with van der Waals surface area (Å²) in [6.07, 6.45) is 0. The Hall–Kier alpha value is -2.69. The van der Waals surface area contributed by atoms with Crippen molar-refractivity contribution in [2.45, 2.75) is 32.7 Å². The molecule has 126 valence electrons. The van der Waals surface area contributed by atoms with Gasteiger partial charge in [0, 0.05) is 12.2 Å². The van der Waals surface area contributed by atoms with Crippen molar-refractivity contribution in [2.24, 2.45) is 0 Å². The molecule has 2 amide bonds.